The number of piperidine rings is 1. The van der Waals surface area contributed by atoms with E-state index < -0.39 is 0 Å². The summed E-state index contributed by atoms with van der Waals surface area (Å²) in [5.41, 5.74) is 3.09. The molecule has 0 spiro atoms. The van der Waals surface area contributed by atoms with Crippen LogP contribution in [0.15, 0.2) is 54.6 Å². The quantitative estimate of drug-likeness (QED) is 0.797. The van der Waals surface area contributed by atoms with Crippen LogP contribution >= 0.6 is 0 Å². The van der Waals surface area contributed by atoms with Gasteiger partial charge in [-0.3, -0.25) is 14.5 Å². The van der Waals surface area contributed by atoms with Gasteiger partial charge in [0.2, 0.25) is 11.8 Å². The van der Waals surface area contributed by atoms with Crippen LogP contribution in [0.1, 0.15) is 36.8 Å². The molecule has 158 valence electrons. The molecule has 2 fully saturated rings. The molecule has 1 unspecified atom stereocenters. The van der Waals surface area contributed by atoms with Gasteiger partial charge < -0.3 is 10.2 Å². The fourth-order valence-electron chi connectivity index (χ4n) is 4.46. The summed E-state index contributed by atoms with van der Waals surface area (Å²) in [5.74, 6) is 0.303. The van der Waals surface area contributed by atoms with Crippen LogP contribution in [0.3, 0.4) is 0 Å². The van der Waals surface area contributed by atoms with Gasteiger partial charge in [-0.2, -0.15) is 0 Å². The zero-order valence-electron chi connectivity index (χ0n) is 17.6. The Kier molecular flexibility index (Phi) is 6.80. The molecule has 4 rings (SSSR count). The summed E-state index contributed by atoms with van der Waals surface area (Å²) in [4.78, 5) is 29.4. The van der Waals surface area contributed by atoms with Crippen LogP contribution in [0.25, 0.3) is 0 Å². The number of nitrogens with zero attached hydrogens (tertiary/aromatic N) is 2. The molecule has 0 aliphatic carbocycles. The van der Waals surface area contributed by atoms with E-state index in [0.717, 1.165) is 69.7 Å². The monoisotopic (exact) mass is 405 g/mol. The summed E-state index contributed by atoms with van der Waals surface area (Å²) >= 11 is 0. The Hall–Kier alpha value is -2.66. The van der Waals surface area contributed by atoms with E-state index in [2.05, 4.69) is 34.5 Å². The number of hydrogen-bond acceptors (Lipinski definition) is 3. The lowest BCUT2D eigenvalue weighted by atomic mass is 9.96. The first-order chi connectivity index (χ1) is 14.7. The van der Waals surface area contributed by atoms with Crippen LogP contribution in [-0.2, 0) is 22.6 Å². The molecule has 30 heavy (non-hydrogen) atoms. The molecule has 0 aromatic heterocycles. The van der Waals surface area contributed by atoms with Gasteiger partial charge >= 0.3 is 0 Å². The molecule has 0 radical (unpaired) electrons. The maximum atomic E-state index is 12.8. The predicted molar refractivity (Wildman–Crippen MR) is 119 cm³/mol. The largest absolute Gasteiger partial charge is 0.342 e. The Balaban J connectivity index is 1.28. The molecule has 2 aromatic carbocycles. The smallest absolute Gasteiger partial charge is 0.228 e. The second-order valence-corrected chi connectivity index (χ2v) is 8.51. The summed E-state index contributed by atoms with van der Waals surface area (Å²) in [6.07, 6.45) is 4.63. The van der Waals surface area contributed by atoms with Crippen molar-refractivity contribution in [3.8, 4) is 0 Å². The minimum Gasteiger partial charge on any atom is -0.342 e. The number of amides is 2. The normalized spacial score (nSPS) is 19.6. The summed E-state index contributed by atoms with van der Waals surface area (Å²) in [6.45, 7) is 4.50. The maximum Gasteiger partial charge on any atom is 0.228 e. The van der Waals surface area contributed by atoms with Gasteiger partial charge in [-0.25, -0.2) is 0 Å². The Morgan fingerprint density at radius 1 is 0.867 bits per heavy atom. The SMILES string of the molecule is O=C(Nc1ccc(CC(=O)N2CCCC2)cc1)C1CCCN(Cc2ccccc2)C1. The molecular weight excluding hydrogens is 374 g/mol. The molecule has 5 heteroatoms. The number of nitrogens with one attached hydrogen (secondary N) is 1. The van der Waals surface area contributed by atoms with Gasteiger partial charge in [0.1, 0.15) is 0 Å². The highest BCUT2D eigenvalue weighted by Crippen LogP contribution is 2.21. The highest BCUT2D eigenvalue weighted by atomic mass is 16.2. The van der Waals surface area contributed by atoms with Crippen molar-refractivity contribution in [3.63, 3.8) is 0 Å². The lowest BCUT2D eigenvalue weighted by Crippen LogP contribution is -2.40. The van der Waals surface area contributed by atoms with Crippen molar-refractivity contribution in [2.45, 2.75) is 38.6 Å². The molecule has 1 N–H and O–H groups in total. The molecule has 0 saturated carbocycles. The standard InChI is InChI=1S/C25H31N3O2/c29-24(28-15-4-5-16-28)17-20-10-12-23(13-11-20)26-25(30)22-9-6-14-27(19-22)18-21-7-2-1-3-8-21/h1-3,7-8,10-13,22H,4-6,9,14-19H2,(H,26,30). The van der Waals surface area contributed by atoms with Gasteiger partial charge in [0, 0.05) is 31.9 Å². The van der Waals surface area contributed by atoms with Gasteiger partial charge in [-0.05, 0) is 55.5 Å². The molecule has 2 amide bonds. The maximum absolute atomic E-state index is 12.8. The third-order valence-electron chi connectivity index (χ3n) is 6.16. The second kappa shape index (κ2) is 9.90. The number of likely N-dealkylation sites (tertiary alicyclic amines) is 2. The molecule has 2 aliphatic rings. The van der Waals surface area contributed by atoms with Crippen LogP contribution in [0.5, 0.6) is 0 Å². The summed E-state index contributed by atoms with van der Waals surface area (Å²) in [6, 6.07) is 18.2. The van der Waals surface area contributed by atoms with E-state index in [0.29, 0.717) is 6.42 Å². The third kappa shape index (κ3) is 5.48. The number of carbonyl (C=O) groups is 2. The first-order valence-electron chi connectivity index (χ1n) is 11.1. The zero-order chi connectivity index (χ0) is 20.8. The van der Waals surface area contributed by atoms with Crippen LogP contribution in [0.4, 0.5) is 5.69 Å². The minimum absolute atomic E-state index is 0.0129. The van der Waals surface area contributed by atoms with E-state index in [1.807, 2.05) is 35.2 Å². The number of anilines is 1. The molecule has 2 saturated heterocycles. The first kappa shape index (κ1) is 20.6. The Morgan fingerprint density at radius 2 is 1.60 bits per heavy atom. The van der Waals surface area contributed by atoms with Crippen molar-refractivity contribution in [3.05, 3.63) is 65.7 Å². The lowest BCUT2D eigenvalue weighted by Gasteiger charge is -2.32. The van der Waals surface area contributed by atoms with Crippen molar-refractivity contribution >= 4 is 17.5 Å². The first-order valence-corrected chi connectivity index (χ1v) is 11.1. The van der Waals surface area contributed by atoms with E-state index >= 15 is 0 Å². The van der Waals surface area contributed by atoms with E-state index in [9.17, 15) is 9.59 Å². The molecule has 2 heterocycles. The number of carbonyl (C=O) groups excluding carboxylic acids is 2. The van der Waals surface area contributed by atoms with Gasteiger partial charge in [0.25, 0.3) is 0 Å². The molecule has 2 aliphatic heterocycles. The van der Waals surface area contributed by atoms with Crippen LogP contribution < -0.4 is 5.32 Å². The number of hydrogen-bond donors (Lipinski definition) is 1. The molecule has 2 aromatic rings. The molecule has 5 nitrogen and oxygen atoms in total. The lowest BCUT2D eigenvalue weighted by molar-refractivity contribution is -0.129. The highest BCUT2D eigenvalue weighted by Gasteiger charge is 2.26. The van der Waals surface area contributed by atoms with Crippen molar-refractivity contribution in [1.82, 2.24) is 9.80 Å². The predicted octanol–water partition coefficient (Wildman–Crippen LogP) is 3.70. The molecule has 1 atom stereocenters. The topological polar surface area (TPSA) is 52.7 Å². The summed E-state index contributed by atoms with van der Waals surface area (Å²) in [7, 11) is 0. The fraction of sp³-hybridized carbons (Fsp3) is 0.440. The summed E-state index contributed by atoms with van der Waals surface area (Å²) in [5, 5.41) is 3.07. The van der Waals surface area contributed by atoms with E-state index in [-0.39, 0.29) is 17.7 Å². The van der Waals surface area contributed by atoms with Crippen molar-refractivity contribution < 1.29 is 9.59 Å². The van der Waals surface area contributed by atoms with Crippen LogP contribution in [0.2, 0.25) is 0 Å². The van der Waals surface area contributed by atoms with Gasteiger partial charge in [-0.15, -0.1) is 0 Å². The molecular formula is C25H31N3O2. The van der Waals surface area contributed by atoms with E-state index in [1.54, 1.807) is 0 Å². The van der Waals surface area contributed by atoms with Gasteiger partial charge in [-0.1, -0.05) is 42.5 Å². The molecule has 0 bridgehead atoms. The highest BCUT2D eigenvalue weighted by molar-refractivity contribution is 5.92. The number of rotatable bonds is 6. The summed E-state index contributed by atoms with van der Waals surface area (Å²) < 4.78 is 0. The van der Waals surface area contributed by atoms with E-state index in [4.69, 9.17) is 0 Å². The minimum atomic E-state index is 0.0129. The van der Waals surface area contributed by atoms with Crippen molar-refractivity contribution in [2.24, 2.45) is 5.92 Å². The van der Waals surface area contributed by atoms with Crippen LogP contribution in [0, 0.1) is 5.92 Å². The Bertz CT molecular complexity index is 844. The Morgan fingerprint density at radius 3 is 2.33 bits per heavy atom. The van der Waals surface area contributed by atoms with Gasteiger partial charge in [0.15, 0.2) is 0 Å². The van der Waals surface area contributed by atoms with Crippen LogP contribution in [-0.4, -0.2) is 47.8 Å². The second-order valence-electron chi connectivity index (χ2n) is 8.51. The van der Waals surface area contributed by atoms with Crippen molar-refractivity contribution in [2.75, 3.05) is 31.5 Å². The zero-order valence-corrected chi connectivity index (χ0v) is 17.6. The third-order valence-corrected chi connectivity index (χ3v) is 6.16. The average Bonchev–Trinajstić information content (AvgIpc) is 3.31. The number of benzene rings is 2. The van der Waals surface area contributed by atoms with Crippen molar-refractivity contribution in [1.29, 1.82) is 0 Å². The van der Waals surface area contributed by atoms with Gasteiger partial charge in [0.05, 0.1) is 12.3 Å². The Labute approximate surface area is 179 Å². The average molecular weight is 406 g/mol. The fourth-order valence-corrected chi connectivity index (χ4v) is 4.46. The van der Waals surface area contributed by atoms with E-state index in [1.165, 1.54) is 5.56 Å².